The van der Waals surface area contributed by atoms with Gasteiger partial charge in [-0.15, -0.1) is 0 Å². The Morgan fingerprint density at radius 3 is 2.15 bits per heavy atom. The number of rotatable bonds is 3. The summed E-state index contributed by atoms with van der Waals surface area (Å²) in [5.74, 6) is 3.97. The Morgan fingerprint density at radius 2 is 1.50 bits per heavy atom. The number of benzene rings is 2. The van der Waals surface area contributed by atoms with Gasteiger partial charge in [-0.05, 0) is 30.3 Å². The van der Waals surface area contributed by atoms with Crippen molar-refractivity contribution >= 4 is 34.8 Å². The van der Waals surface area contributed by atoms with Gasteiger partial charge in [0.15, 0.2) is 11.5 Å². The zero-order chi connectivity index (χ0) is 14.5. The molecule has 0 fully saturated rings. The van der Waals surface area contributed by atoms with E-state index >= 15 is 0 Å². The second kappa shape index (κ2) is 6.76. The molecule has 0 spiro atoms. The molecule has 0 heterocycles. The van der Waals surface area contributed by atoms with Crippen molar-refractivity contribution in [3.8, 4) is 29.3 Å². The van der Waals surface area contributed by atoms with Crippen LogP contribution in [0, 0.1) is 12.0 Å². The highest BCUT2D eigenvalue weighted by Gasteiger charge is 2.10. The SMILES string of the molecule is CC#COc1cc(Cl)ccc1Oc1ccc(Cl)cc1Cl. The Bertz CT molecular complexity index is 687. The fraction of sp³-hybridized carbons (Fsp3) is 0.0667. The Balaban J connectivity index is 2.34. The van der Waals surface area contributed by atoms with Gasteiger partial charge in [-0.2, -0.15) is 0 Å². The highest BCUT2D eigenvalue weighted by atomic mass is 35.5. The average Bonchev–Trinajstić information content (AvgIpc) is 2.41. The molecular formula is C15H9Cl3O2. The van der Waals surface area contributed by atoms with Crippen molar-refractivity contribution in [3.05, 3.63) is 51.5 Å². The van der Waals surface area contributed by atoms with Crippen LogP contribution in [0.5, 0.6) is 17.2 Å². The Labute approximate surface area is 132 Å². The highest BCUT2D eigenvalue weighted by molar-refractivity contribution is 6.35. The largest absolute Gasteiger partial charge is 0.452 e. The van der Waals surface area contributed by atoms with Gasteiger partial charge in [0.25, 0.3) is 0 Å². The Kier molecular flexibility index (Phi) is 5.03. The first-order chi connectivity index (χ1) is 9.60. The summed E-state index contributed by atoms with van der Waals surface area (Å²) in [6, 6.07) is 9.94. The number of halogens is 3. The minimum Gasteiger partial charge on any atom is -0.452 e. The van der Waals surface area contributed by atoms with E-state index in [0.717, 1.165) is 0 Å². The molecule has 0 saturated carbocycles. The van der Waals surface area contributed by atoms with Crippen LogP contribution in [0.15, 0.2) is 36.4 Å². The van der Waals surface area contributed by atoms with E-state index in [9.17, 15) is 0 Å². The molecule has 2 nitrogen and oxygen atoms in total. The number of hydrogen-bond acceptors (Lipinski definition) is 2. The van der Waals surface area contributed by atoms with Crippen molar-refractivity contribution in [3.63, 3.8) is 0 Å². The van der Waals surface area contributed by atoms with E-state index in [0.29, 0.717) is 32.3 Å². The first-order valence-corrected chi connectivity index (χ1v) is 6.74. The third-order valence-corrected chi connectivity index (χ3v) is 3.05. The first-order valence-electron chi connectivity index (χ1n) is 5.61. The lowest BCUT2D eigenvalue weighted by Gasteiger charge is -2.11. The molecule has 0 amide bonds. The molecule has 0 N–H and O–H groups in total. The van der Waals surface area contributed by atoms with Crippen LogP contribution in [-0.2, 0) is 0 Å². The normalized spacial score (nSPS) is 9.60. The molecule has 5 heteroatoms. The predicted octanol–water partition coefficient (Wildman–Crippen LogP) is 5.80. The van der Waals surface area contributed by atoms with E-state index in [1.165, 1.54) is 0 Å². The molecule has 0 aliphatic rings. The topological polar surface area (TPSA) is 18.5 Å². The molecule has 0 bridgehead atoms. The summed E-state index contributed by atoms with van der Waals surface area (Å²) in [6.07, 6.45) is 2.50. The molecule has 0 radical (unpaired) electrons. The quantitative estimate of drug-likeness (QED) is 0.663. The lowest BCUT2D eigenvalue weighted by Crippen LogP contribution is -1.91. The third kappa shape index (κ3) is 3.74. The zero-order valence-electron chi connectivity index (χ0n) is 10.4. The van der Waals surface area contributed by atoms with Crippen LogP contribution in [0.1, 0.15) is 6.92 Å². The Hall–Kier alpha value is -1.53. The minimum atomic E-state index is 0.403. The zero-order valence-corrected chi connectivity index (χ0v) is 12.7. The van der Waals surface area contributed by atoms with Crippen LogP contribution < -0.4 is 9.47 Å². The van der Waals surface area contributed by atoms with E-state index in [-0.39, 0.29) is 0 Å². The first kappa shape index (κ1) is 14.9. The lowest BCUT2D eigenvalue weighted by molar-refractivity contribution is 0.433. The summed E-state index contributed by atoms with van der Waals surface area (Å²) in [5.41, 5.74) is 0. The van der Waals surface area contributed by atoms with Crippen molar-refractivity contribution in [1.82, 2.24) is 0 Å². The summed E-state index contributed by atoms with van der Waals surface area (Å²) in [7, 11) is 0. The molecule has 0 aromatic heterocycles. The lowest BCUT2D eigenvalue weighted by atomic mass is 10.3. The van der Waals surface area contributed by atoms with E-state index < -0.39 is 0 Å². The van der Waals surface area contributed by atoms with Gasteiger partial charge < -0.3 is 9.47 Å². The van der Waals surface area contributed by atoms with E-state index in [1.54, 1.807) is 43.3 Å². The van der Waals surface area contributed by atoms with Gasteiger partial charge >= 0.3 is 0 Å². The second-order valence-corrected chi connectivity index (χ2v) is 5.00. The van der Waals surface area contributed by atoms with Gasteiger partial charge in [-0.3, -0.25) is 0 Å². The monoisotopic (exact) mass is 326 g/mol. The maximum absolute atomic E-state index is 6.06. The summed E-state index contributed by atoms with van der Waals surface area (Å²) >= 11 is 17.8. The molecule has 0 aliphatic carbocycles. The van der Waals surface area contributed by atoms with Crippen molar-refractivity contribution < 1.29 is 9.47 Å². The van der Waals surface area contributed by atoms with Gasteiger partial charge in [0.2, 0.25) is 0 Å². The van der Waals surface area contributed by atoms with E-state index in [2.05, 4.69) is 12.0 Å². The van der Waals surface area contributed by atoms with Crippen LogP contribution in [0.2, 0.25) is 15.1 Å². The molecule has 0 saturated heterocycles. The van der Waals surface area contributed by atoms with Gasteiger partial charge in [0.1, 0.15) is 11.9 Å². The van der Waals surface area contributed by atoms with E-state index in [4.69, 9.17) is 44.3 Å². The molecule has 0 unspecified atom stereocenters. The van der Waals surface area contributed by atoms with Crippen molar-refractivity contribution in [2.45, 2.75) is 6.92 Å². The molecule has 102 valence electrons. The van der Waals surface area contributed by atoms with Crippen molar-refractivity contribution in [2.75, 3.05) is 0 Å². The predicted molar refractivity (Wildman–Crippen MR) is 82.1 cm³/mol. The van der Waals surface area contributed by atoms with Crippen molar-refractivity contribution in [1.29, 1.82) is 0 Å². The molecule has 2 aromatic carbocycles. The molecule has 20 heavy (non-hydrogen) atoms. The maximum atomic E-state index is 6.06. The van der Waals surface area contributed by atoms with Gasteiger partial charge in [0.05, 0.1) is 5.02 Å². The second-order valence-electron chi connectivity index (χ2n) is 3.72. The standard InChI is InChI=1S/C15H9Cl3O2/c1-2-7-19-15-9-11(17)4-6-14(15)20-13-5-3-10(16)8-12(13)18/h3-6,8-9H,1H3. The van der Waals surface area contributed by atoms with Gasteiger partial charge in [-0.1, -0.05) is 40.7 Å². The van der Waals surface area contributed by atoms with E-state index in [1.807, 2.05) is 0 Å². The molecule has 0 atom stereocenters. The number of ether oxygens (including phenoxy) is 2. The van der Waals surface area contributed by atoms with Crippen LogP contribution >= 0.6 is 34.8 Å². The summed E-state index contributed by atoms with van der Waals surface area (Å²) in [5, 5.41) is 1.46. The minimum absolute atomic E-state index is 0.403. The fourth-order valence-electron chi connectivity index (χ4n) is 1.43. The van der Waals surface area contributed by atoms with Crippen LogP contribution in [0.3, 0.4) is 0 Å². The van der Waals surface area contributed by atoms with Gasteiger partial charge in [0, 0.05) is 23.0 Å². The number of hydrogen-bond donors (Lipinski definition) is 0. The summed E-state index contributed by atoms with van der Waals surface area (Å²) in [4.78, 5) is 0. The maximum Gasteiger partial charge on any atom is 0.184 e. The molecule has 2 aromatic rings. The molecule has 2 rings (SSSR count). The summed E-state index contributed by atoms with van der Waals surface area (Å²) < 4.78 is 11.0. The van der Waals surface area contributed by atoms with Gasteiger partial charge in [-0.25, -0.2) is 0 Å². The van der Waals surface area contributed by atoms with Crippen LogP contribution in [0.4, 0.5) is 0 Å². The van der Waals surface area contributed by atoms with Crippen molar-refractivity contribution in [2.24, 2.45) is 0 Å². The smallest absolute Gasteiger partial charge is 0.184 e. The fourth-order valence-corrected chi connectivity index (χ4v) is 2.04. The summed E-state index contributed by atoms with van der Waals surface area (Å²) in [6.45, 7) is 1.67. The molecule has 0 aliphatic heterocycles. The third-order valence-electron chi connectivity index (χ3n) is 2.28. The highest BCUT2D eigenvalue weighted by Crippen LogP contribution is 2.37. The van der Waals surface area contributed by atoms with Crippen LogP contribution in [0.25, 0.3) is 0 Å². The molecular weight excluding hydrogens is 319 g/mol. The Morgan fingerprint density at radius 1 is 0.850 bits per heavy atom. The van der Waals surface area contributed by atoms with Crippen LogP contribution in [-0.4, -0.2) is 0 Å². The average molecular weight is 328 g/mol.